The van der Waals surface area contributed by atoms with E-state index in [0.717, 1.165) is 17.0 Å². The number of nitrogens with zero attached hydrogens (tertiary/aromatic N) is 2. The molecule has 0 aliphatic rings. The van der Waals surface area contributed by atoms with Crippen LogP contribution < -0.4 is 0 Å². The van der Waals surface area contributed by atoms with Gasteiger partial charge in [0.2, 0.25) is 0 Å². The second-order valence-electron chi connectivity index (χ2n) is 8.81. The third-order valence-corrected chi connectivity index (χ3v) is 4.24. The Bertz CT molecular complexity index is 804. The smallest absolute Gasteiger partial charge is 0.318 e. The van der Waals surface area contributed by atoms with Crippen LogP contribution in [0.15, 0.2) is 54.9 Å². The van der Waals surface area contributed by atoms with Gasteiger partial charge in [-0.25, -0.2) is 0 Å². The van der Waals surface area contributed by atoms with Crippen LogP contribution >= 0.6 is 0 Å². The van der Waals surface area contributed by atoms with Crippen LogP contribution in [-0.2, 0) is 27.3 Å². The van der Waals surface area contributed by atoms with E-state index in [-0.39, 0.29) is 27.3 Å². The third-order valence-electron chi connectivity index (χ3n) is 4.24. The number of pyridine rings is 2. The Kier molecular flexibility index (Phi) is 8.57. The monoisotopic (exact) mass is 416 g/mol. The van der Waals surface area contributed by atoms with Gasteiger partial charge in [0, 0.05) is 6.20 Å². The molecule has 0 aliphatic heterocycles. The summed E-state index contributed by atoms with van der Waals surface area (Å²) in [6.45, 7) is 15.2. The second kappa shape index (κ2) is 9.98. The Hall–Kier alpha value is -1.99. The first kappa shape index (κ1) is 24.1. The fraction of sp³-hybridized carbons (Fsp3) is 0.360. The van der Waals surface area contributed by atoms with Crippen LogP contribution in [0.2, 0.25) is 0 Å². The fourth-order valence-electron chi connectivity index (χ4n) is 2.47. The molecule has 28 heavy (non-hydrogen) atoms. The first-order valence-corrected chi connectivity index (χ1v) is 9.36. The molecular formula is C25H30N2Ni. The van der Waals surface area contributed by atoms with E-state index in [1.165, 1.54) is 11.1 Å². The number of hydrogen-bond acceptors (Lipinski definition) is 2. The van der Waals surface area contributed by atoms with Gasteiger partial charge in [-0.05, 0) is 34.5 Å². The van der Waals surface area contributed by atoms with Crippen LogP contribution in [0, 0.1) is 19.1 Å². The Labute approximate surface area is 180 Å². The van der Waals surface area contributed by atoms with E-state index >= 15 is 0 Å². The van der Waals surface area contributed by atoms with Crippen LogP contribution in [0.1, 0.15) is 58.2 Å². The maximum Gasteiger partial charge on any atom is 2.00 e. The molecule has 3 aromatic rings. The van der Waals surface area contributed by atoms with Gasteiger partial charge in [-0.3, -0.25) is 4.98 Å². The molecule has 0 spiro atoms. The van der Waals surface area contributed by atoms with Crippen molar-refractivity contribution < 1.29 is 16.5 Å². The minimum Gasteiger partial charge on any atom is -0.318 e. The van der Waals surface area contributed by atoms with E-state index in [9.17, 15) is 0 Å². The predicted octanol–water partition coefficient (Wildman–Crippen LogP) is 6.33. The van der Waals surface area contributed by atoms with E-state index in [0.29, 0.717) is 0 Å². The van der Waals surface area contributed by atoms with Crippen LogP contribution in [0.25, 0.3) is 11.4 Å². The van der Waals surface area contributed by atoms with Gasteiger partial charge in [-0.1, -0.05) is 60.1 Å². The molecule has 2 aromatic heterocycles. The molecule has 0 bridgehead atoms. The molecule has 0 saturated heterocycles. The van der Waals surface area contributed by atoms with Gasteiger partial charge in [0.1, 0.15) is 0 Å². The van der Waals surface area contributed by atoms with E-state index in [2.05, 4.69) is 75.8 Å². The summed E-state index contributed by atoms with van der Waals surface area (Å²) in [6.07, 6.45) is 3.70. The van der Waals surface area contributed by atoms with Crippen molar-refractivity contribution in [3.8, 4) is 11.4 Å². The van der Waals surface area contributed by atoms with Crippen LogP contribution in [0.4, 0.5) is 0 Å². The van der Waals surface area contributed by atoms with Gasteiger partial charge in [0.25, 0.3) is 0 Å². The van der Waals surface area contributed by atoms with Crippen molar-refractivity contribution in [2.45, 2.75) is 59.3 Å². The number of benzene rings is 1. The maximum atomic E-state index is 4.45. The summed E-state index contributed by atoms with van der Waals surface area (Å²) >= 11 is 0. The van der Waals surface area contributed by atoms with Gasteiger partial charge >= 0.3 is 16.5 Å². The van der Waals surface area contributed by atoms with Crippen molar-refractivity contribution in [3.63, 3.8) is 0 Å². The molecule has 150 valence electrons. The van der Waals surface area contributed by atoms with Crippen molar-refractivity contribution in [2.75, 3.05) is 0 Å². The average molecular weight is 417 g/mol. The third kappa shape index (κ3) is 7.21. The molecule has 1 aromatic carbocycles. The topological polar surface area (TPSA) is 25.8 Å². The van der Waals surface area contributed by atoms with Crippen molar-refractivity contribution in [1.82, 2.24) is 9.97 Å². The first-order valence-electron chi connectivity index (χ1n) is 9.36. The number of rotatable bonds is 1. The summed E-state index contributed by atoms with van der Waals surface area (Å²) in [7, 11) is 0. The zero-order valence-electron chi connectivity index (χ0n) is 17.9. The minimum absolute atomic E-state index is 0. The molecule has 0 saturated carbocycles. The number of hydrogen-bond donors (Lipinski definition) is 0. The van der Waals surface area contributed by atoms with Crippen LogP contribution in [0.5, 0.6) is 0 Å². The summed E-state index contributed by atoms with van der Waals surface area (Å²) in [5, 5.41) is 0. The van der Waals surface area contributed by atoms with Crippen LogP contribution in [-0.4, -0.2) is 9.97 Å². The SMILES string of the molecule is CC(C)(C)c1[c-]c(-c2cc(C(C)(C)C)ccn2)ncc1.Cc1[c-]cccc1.[Ni+2]. The molecular weight excluding hydrogens is 387 g/mol. The zero-order chi connectivity index (χ0) is 20.1. The van der Waals surface area contributed by atoms with Gasteiger partial charge in [-0.2, -0.15) is 47.5 Å². The first-order chi connectivity index (χ1) is 12.6. The fourth-order valence-corrected chi connectivity index (χ4v) is 2.47. The summed E-state index contributed by atoms with van der Waals surface area (Å²) in [4.78, 5) is 8.88. The molecule has 2 heterocycles. The minimum atomic E-state index is 0. The van der Waals surface area contributed by atoms with Crippen LogP contribution in [0.3, 0.4) is 0 Å². The molecule has 0 radical (unpaired) electrons. The molecule has 3 rings (SSSR count). The summed E-state index contributed by atoms with van der Waals surface area (Å²) < 4.78 is 0. The van der Waals surface area contributed by atoms with Crippen molar-refractivity contribution in [1.29, 1.82) is 0 Å². The molecule has 0 atom stereocenters. The van der Waals surface area contributed by atoms with Gasteiger partial charge in [0.15, 0.2) is 0 Å². The number of aryl methyl sites for hydroxylation is 1. The Morgan fingerprint density at radius 2 is 1.50 bits per heavy atom. The summed E-state index contributed by atoms with van der Waals surface area (Å²) in [5.41, 5.74) is 5.51. The molecule has 0 fully saturated rings. The van der Waals surface area contributed by atoms with Gasteiger partial charge in [0.05, 0.1) is 0 Å². The molecule has 0 unspecified atom stereocenters. The van der Waals surface area contributed by atoms with E-state index in [1.807, 2.05) is 49.6 Å². The average Bonchev–Trinajstić information content (AvgIpc) is 2.62. The maximum absolute atomic E-state index is 4.45. The molecule has 2 nitrogen and oxygen atoms in total. The molecule has 3 heteroatoms. The van der Waals surface area contributed by atoms with Gasteiger partial charge in [-0.15, -0.1) is 6.07 Å². The standard InChI is InChI=1S/C18H23N2.C7H7.Ni/c1-17(2,3)13-7-9-19-15(11-13)16-12-14(8-10-20-16)18(4,5)6;1-7-5-3-2-4-6-7;/h7-11H,1-6H3;2-5H,1H3;/q2*-1;+2. The van der Waals surface area contributed by atoms with E-state index in [1.54, 1.807) is 0 Å². The van der Waals surface area contributed by atoms with E-state index < -0.39 is 0 Å². The quantitative estimate of drug-likeness (QED) is 0.342. The number of aromatic nitrogens is 2. The summed E-state index contributed by atoms with van der Waals surface area (Å²) in [6, 6.07) is 20.6. The molecule has 0 amide bonds. The van der Waals surface area contributed by atoms with Crippen molar-refractivity contribution in [2.24, 2.45) is 0 Å². The zero-order valence-corrected chi connectivity index (χ0v) is 18.9. The molecule has 0 aliphatic carbocycles. The van der Waals surface area contributed by atoms with E-state index in [4.69, 9.17) is 0 Å². The molecule has 0 N–H and O–H groups in total. The Morgan fingerprint density at radius 1 is 0.821 bits per heavy atom. The second-order valence-corrected chi connectivity index (χ2v) is 8.81. The van der Waals surface area contributed by atoms with Crippen molar-refractivity contribution in [3.05, 3.63) is 83.7 Å². The normalized spacial score (nSPS) is 11.1. The summed E-state index contributed by atoms with van der Waals surface area (Å²) in [5.74, 6) is 0. The predicted molar refractivity (Wildman–Crippen MR) is 114 cm³/mol. The largest absolute Gasteiger partial charge is 2.00 e. The van der Waals surface area contributed by atoms with Crippen molar-refractivity contribution >= 4 is 0 Å². The Morgan fingerprint density at radius 3 is 2.00 bits per heavy atom. The Balaban J connectivity index is 0.000000414. The van der Waals surface area contributed by atoms with Gasteiger partial charge < -0.3 is 4.98 Å².